The number of ether oxygens (including phenoxy) is 11. The highest BCUT2D eigenvalue weighted by molar-refractivity contribution is 5.83. The predicted octanol–water partition coefficient (Wildman–Crippen LogP) is 3.65. The van der Waals surface area contributed by atoms with Crippen LogP contribution in [-0.2, 0) is 63.6 Å². The molecule has 2 amide bonds. The summed E-state index contributed by atoms with van der Waals surface area (Å²) in [6, 6.07) is 6.84. The van der Waals surface area contributed by atoms with Crippen molar-refractivity contribution in [1.29, 1.82) is 0 Å². The molecule has 1 atom stereocenters. The average molecular weight is 871 g/mol. The van der Waals surface area contributed by atoms with Gasteiger partial charge in [0.05, 0.1) is 106 Å². The summed E-state index contributed by atoms with van der Waals surface area (Å²) in [5.74, 6) is -15.6. The van der Waals surface area contributed by atoms with E-state index >= 15 is 0 Å². The molecule has 0 aromatic heterocycles. The number of alkyl carbamates (subject to hydrolysis) is 1. The summed E-state index contributed by atoms with van der Waals surface area (Å²) in [5.41, 5.74) is 0.607. The molecule has 340 valence electrons. The van der Waals surface area contributed by atoms with Crippen molar-refractivity contribution in [3.63, 3.8) is 0 Å². The summed E-state index contributed by atoms with van der Waals surface area (Å²) in [5, 5.41) is 4.78. The van der Waals surface area contributed by atoms with Gasteiger partial charge in [0, 0.05) is 13.7 Å². The van der Waals surface area contributed by atoms with Gasteiger partial charge in [0.2, 0.25) is 40.7 Å². The zero-order valence-corrected chi connectivity index (χ0v) is 33.6. The summed E-state index contributed by atoms with van der Waals surface area (Å²) in [4.78, 5) is 37.3. The van der Waals surface area contributed by atoms with Crippen molar-refractivity contribution in [1.82, 2.24) is 10.6 Å². The maximum atomic E-state index is 14.2. The second-order valence-electron chi connectivity index (χ2n) is 12.3. The Kier molecular flexibility index (Phi) is 29.2. The van der Waals surface area contributed by atoms with Gasteiger partial charge in [-0.25, -0.2) is 22.8 Å². The lowest BCUT2D eigenvalue weighted by Gasteiger charge is -2.18. The topological polar surface area (TPSA) is 177 Å². The SMILES string of the molecule is COCCOCCOCCOCCOCCOCCOCCOCCOCC(=O)NCCCC[C@H](NC(=O)OCc1ccccc1)C(=O)Oc1c(F)c(F)c(F)c(F)c1F. The van der Waals surface area contributed by atoms with Crippen LogP contribution < -0.4 is 15.4 Å². The van der Waals surface area contributed by atoms with Crippen LogP contribution >= 0.6 is 0 Å². The number of hydrogen-bond acceptors (Lipinski definition) is 14. The molecule has 0 aliphatic carbocycles. The molecule has 0 aliphatic heterocycles. The van der Waals surface area contributed by atoms with Gasteiger partial charge < -0.3 is 62.7 Å². The lowest BCUT2D eigenvalue weighted by molar-refractivity contribution is -0.137. The van der Waals surface area contributed by atoms with Crippen LogP contribution in [0.1, 0.15) is 24.8 Å². The molecule has 0 aliphatic rings. The number of carbonyl (C=O) groups excluding carboxylic acids is 3. The molecule has 60 heavy (non-hydrogen) atoms. The molecule has 0 fully saturated rings. The number of hydrogen-bond donors (Lipinski definition) is 2. The second kappa shape index (κ2) is 33.6. The first kappa shape index (κ1) is 52.1. The third kappa shape index (κ3) is 23.7. The molecule has 0 radical (unpaired) electrons. The Balaban J connectivity index is 1.49. The molecule has 2 N–H and O–H groups in total. The zero-order valence-electron chi connectivity index (χ0n) is 33.6. The van der Waals surface area contributed by atoms with Gasteiger partial charge in [-0.1, -0.05) is 30.3 Å². The van der Waals surface area contributed by atoms with E-state index in [-0.39, 0.29) is 52.2 Å². The van der Waals surface area contributed by atoms with Crippen LogP contribution in [-0.4, -0.2) is 150 Å². The first-order valence-electron chi connectivity index (χ1n) is 19.2. The summed E-state index contributed by atoms with van der Waals surface area (Å²) >= 11 is 0. The van der Waals surface area contributed by atoms with Gasteiger partial charge in [0.15, 0.2) is 0 Å². The standard InChI is InChI=1S/C39H55F5N2O14/c1-50-11-12-51-13-14-52-15-16-53-17-18-54-19-20-55-21-22-56-23-24-57-25-26-58-28-31(47)45-10-6-5-9-30(46-39(49)59-27-29-7-3-2-4-8-29)38(48)60-37-35(43)33(41)32(40)34(42)36(37)44/h2-4,7-8,30H,5-6,9-28H2,1H3,(H,45,47)(H,46,49)/t30-/m0/s1. The highest BCUT2D eigenvalue weighted by Gasteiger charge is 2.31. The van der Waals surface area contributed by atoms with Crippen LogP contribution in [0.15, 0.2) is 30.3 Å². The number of carbonyl (C=O) groups is 3. The minimum Gasteiger partial charge on any atom is -0.445 e. The quantitative estimate of drug-likeness (QED) is 0.0254. The van der Waals surface area contributed by atoms with Crippen LogP contribution in [0.2, 0.25) is 0 Å². The lowest BCUT2D eigenvalue weighted by atomic mass is 10.1. The third-order valence-electron chi connectivity index (χ3n) is 7.67. The highest BCUT2D eigenvalue weighted by atomic mass is 19.2. The molecule has 0 spiro atoms. The van der Waals surface area contributed by atoms with Gasteiger partial charge in [-0.05, 0) is 24.8 Å². The van der Waals surface area contributed by atoms with Gasteiger partial charge in [0.1, 0.15) is 19.3 Å². The van der Waals surface area contributed by atoms with E-state index in [2.05, 4.69) is 15.4 Å². The van der Waals surface area contributed by atoms with Gasteiger partial charge >= 0.3 is 12.1 Å². The Labute approximate surface area is 345 Å². The summed E-state index contributed by atoms with van der Waals surface area (Å²) in [6.45, 7) is 6.23. The number of unbranched alkanes of at least 4 members (excludes halogenated alkanes) is 1. The molecule has 2 aromatic carbocycles. The molecule has 0 saturated carbocycles. The molecular formula is C39H55F5N2O14. The van der Waals surface area contributed by atoms with Crippen LogP contribution in [0.5, 0.6) is 5.75 Å². The van der Waals surface area contributed by atoms with Gasteiger partial charge in [0.25, 0.3) is 0 Å². The number of benzene rings is 2. The maximum Gasteiger partial charge on any atom is 0.408 e. The van der Waals surface area contributed by atoms with Crippen molar-refractivity contribution >= 4 is 18.0 Å². The number of rotatable bonds is 36. The molecule has 0 saturated heterocycles. The van der Waals surface area contributed by atoms with E-state index in [0.717, 1.165) is 0 Å². The Hall–Kier alpha value is -4.06. The molecule has 21 heteroatoms. The zero-order chi connectivity index (χ0) is 43.6. The molecule has 0 bridgehead atoms. The first-order valence-corrected chi connectivity index (χ1v) is 19.2. The predicted molar refractivity (Wildman–Crippen MR) is 201 cm³/mol. The number of amides is 2. The van der Waals surface area contributed by atoms with E-state index in [1.165, 1.54) is 0 Å². The molecule has 0 unspecified atom stereocenters. The van der Waals surface area contributed by atoms with Crippen molar-refractivity contribution in [3.05, 3.63) is 65.0 Å². The minimum absolute atomic E-state index is 0.115. The molecule has 2 rings (SSSR count). The summed E-state index contributed by atoms with van der Waals surface area (Å²) < 4.78 is 127. The van der Waals surface area contributed by atoms with Crippen molar-refractivity contribution in [2.45, 2.75) is 31.9 Å². The van der Waals surface area contributed by atoms with E-state index in [4.69, 9.17) is 47.4 Å². The third-order valence-corrected chi connectivity index (χ3v) is 7.67. The van der Waals surface area contributed by atoms with Gasteiger partial charge in [-0.2, -0.15) is 8.78 Å². The number of nitrogens with one attached hydrogen (secondary N) is 2. The van der Waals surface area contributed by atoms with E-state index in [1.807, 2.05) is 0 Å². The lowest BCUT2D eigenvalue weighted by Crippen LogP contribution is -2.43. The fourth-order valence-electron chi connectivity index (χ4n) is 4.60. The van der Waals surface area contributed by atoms with Crippen LogP contribution in [0.4, 0.5) is 26.7 Å². The van der Waals surface area contributed by atoms with Crippen molar-refractivity contribution in [3.8, 4) is 5.75 Å². The molecule has 0 heterocycles. The van der Waals surface area contributed by atoms with E-state index in [1.54, 1.807) is 37.4 Å². The largest absolute Gasteiger partial charge is 0.445 e. The number of halogens is 5. The van der Waals surface area contributed by atoms with Crippen molar-refractivity contribution in [2.24, 2.45) is 0 Å². The molecule has 16 nitrogen and oxygen atoms in total. The highest BCUT2D eigenvalue weighted by Crippen LogP contribution is 2.29. The van der Waals surface area contributed by atoms with Crippen molar-refractivity contribution < 1.29 is 88.4 Å². The van der Waals surface area contributed by atoms with Gasteiger partial charge in [-0.15, -0.1) is 0 Å². The normalized spacial score (nSPS) is 11.7. The fraction of sp³-hybridized carbons (Fsp3) is 0.615. The van der Waals surface area contributed by atoms with Crippen LogP contribution in [0.3, 0.4) is 0 Å². The number of esters is 1. The second-order valence-corrected chi connectivity index (χ2v) is 12.3. The van der Waals surface area contributed by atoms with E-state index in [0.29, 0.717) is 98.1 Å². The van der Waals surface area contributed by atoms with Gasteiger partial charge in [-0.3, -0.25) is 4.79 Å². The molecular weight excluding hydrogens is 815 g/mol. The maximum absolute atomic E-state index is 14.2. The first-order chi connectivity index (χ1) is 29.1. The smallest absolute Gasteiger partial charge is 0.408 e. The average Bonchev–Trinajstić information content (AvgIpc) is 3.25. The Morgan fingerprint density at radius 2 is 1.00 bits per heavy atom. The Bertz CT molecular complexity index is 1460. The van der Waals surface area contributed by atoms with Crippen molar-refractivity contribution in [2.75, 3.05) is 126 Å². The molecule has 2 aromatic rings. The minimum atomic E-state index is -2.43. The Morgan fingerprint density at radius 3 is 1.47 bits per heavy atom. The van der Waals surface area contributed by atoms with E-state index < -0.39 is 58.8 Å². The summed E-state index contributed by atoms with van der Waals surface area (Å²) in [7, 11) is 1.62. The monoisotopic (exact) mass is 870 g/mol. The summed E-state index contributed by atoms with van der Waals surface area (Å²) in [6.07, 6.45) is -0.945. The van der Waals surface area contributed by atoms with Crippen LogP contribution in [0.25, 0.3) is 0 Å². The van der Waals surface area contributed by atoms with Crippen LogP contribution in [0, 0.1) is 29.1 Å². The van der Waals surface area contributed by atoms with E-state index in [9.17, 15) is 36.3 Å². The number of methoxy groups -OCH3 is 1. The Morgan fingerprint density at radius 1 is 0.567 bits per heavy atom. The fourth-order valence-corrected chi connectivity index (χ4v) is 4.60.